The molecule has 0 heterocycles. The van der Waals surface area contributed by atoms with Crippen LogP contribution in [0.5, 0.6) is 11.5 Å². The standard InChI is InChI=1S/C20H25NO3/c1-14-9-10-16(3)19(11-14)24-13-20(22)21-17(4)12-23-18-8-6-5-7-15(18)2/h5-11,17H,12-13H2,1-4H3,(H,21,22)/t17-/m0/s1. The van der Waals surface area contributed by atoms with Crippen molar-refractivity contribution in [2.45, 2.75) is 33.7 Å². The van der Waals surface area contributed by atoms with Crippen molar-refractivity contribution in [1.29, 1.82) is 0 Å². The molecule has 4 heteroatoms. The number of nitrogens with one attached hydrogen (secondary N) is 1. The second kappa shape index (κ2) is 8.39. The molecule has 1 amide bonds. The van der Waals surface area contributed by atoms with Crippen molar-refractivity contribution in [3.8, 4) is 11.5 Å². The molecule has 0 spiro atoms. The molecule has 0 unspecified atom stereocenters. The Kier molecular flexibility index (Phi) is 6.24. The molecular formula is C20H25NO3. The van der Waals surface area contributed by atoms with E-state index in [1.807, 2.05) is 70.2 Å². The van der Waals surface area contributed by atoms with E-state index in [-0.39, 0.29) is 18.6 Å². The molecule has 0 aliphatic carbocycles. The first-order chi connectivity index (χ1) is 11.5. The monoisotopic (exact) mass is 327 g/mol. The highest BCUT2D eigenvalue weighted by molar-refractivity contribution is 5.77. The van der Waals surface area contributed by atoms with Gasteiger partial charge in [-0.05, 0) is 56.5 Å². The third kappa shape index (κ3) is 5.30. The van der Waals surface area contributed by atoms with Gasteiger partial charge in [0.05, 0.1) is 6.04 Å². The maximum absolute atomic E-state index is 12.0. The van der Waals surface area contributed by atoms with Crippen LogP contribution in [-0.4, -0.2) is 25.2 Å². The van der Waals surface area contributed by atoms with Crippen LogP contribution < -0.4 is 14.8 Å². The van der Waals surface area contributed by atoms with Crippen LogP contribution in [0.3, 0.4) is 0 Å². The fraction of sp³-hybridized carbons (Fsp3) is 0.350. The molecule has 0 saturated heterocycles. The Morgan fingerprint density at radius 3 is 2.46 bits per heavy atom. The predicted octanol–water partition coefficient (Wildman–Crippen LogP) is 3.57. The van der Waals surface area contributed by atoms with Gasteiger partial charge in [0.1, 0.15) is 18.1 Å². The van der Waals surface area contributed by atoms with Crippen LogP contribution in [-0.2, 0) is 4.79 Å². The third-order valence-electron chi connectivity index (χ3n) is 3.69. The van der Waals surface area contributed by atoms with Gasteiger partial charge >= 0.3 is 0 Å². The Hall–Kier alpha value is -2.49. The second-order valence-electron chi connectivity index (χ2n) is 6.10. The Bertz CT molecular complexity index is 697. The first-order valence-electron chi connectivity index (χ1n) is 8.13. The minimum absolute atomic E-state index is 0.000994. The van der Waals surface area contributed by atoms with Crippen LogP contribution in [0.2, 0.25) is 0 Å². The number of rotatable bonds is 7. The molecule has 0 bridgehead atoms. The number of aryl methyl sites for hydroxylation is 3. The molecule has 2 aromatic carbocycles. The Morgan fingerprint density at radius 2 is 1.71 bits per heavy atom. The third-order valence-corrected chi connectivity index (χ3v) is 3.69. The van der Waals surface area contributed by atoms with Gasteiger partial charge in [-0.25, -0.2) is 0 Å². The molecule has 2 aromatic rings. The molecular weight excluding hydrogens is 302 g/mol. The average Bonchev–Trinajstić information content (AvgIpc) is 2.55. The predicted molar refractivity (Wildman–Crippen MR) is 95.7 cm³/mol. The van der Waals surface area contributed by atoms with Gasteiger partial charge < -0.3 is 14.8 Å². The van der Waals surface area contributed by atoms with Crippen LogP contribution in [0.1, 0.15) is 23.6 Å². The minimum atomic E-state index is -0.156. The molecule has 0 aliphatic heterocycles. The maximum atomic E-state index is 12.0. The maximum Gasteiger partial charge on any atom is 0.258 e. The quantitative estimate of drug-likeness (QED) is 0.845. The van der Waals surface area contributed by atoms with Gasteiger partial charge in [0, 0.05) is 0 Å². The minimum Gasteiger partial charge on any atom is -0.491 e. The van der Waals surface area contributed by atoms with E-state index in [9.17, 15) is 4.79 Å². The molecule has 0 aromatic heterocycles. The first-order valence-corrected chi connectivity index (χ1v) is 8.13. The summed E-state index contributed by atoms with van der Waals surface area (Å²) in [5.41, 5.74) is 3.20. The largest absolute Gasteiger partial charge is 0.491 e. The van der Waals surface area contributed by atoms with E-state index < -0.39 is 0 Å². The summed E-state index contributed by atoms with van der Waals surface area (Å²) in [6.45, 7) is 8.28. The zero-order chi connectivity index (χ0) is 17.5. The van der Waals surface area contributed by atoms with Gasteiger partial charge in [-0.2, -0.15) is 0 Å². The number of hydrogen-bond acceptors (Lipinski definition) is 3. The number of carbonyl (C=O) groups is 1. The van der Waals surface area contributed by atoms with E-state index in [1.54, 1.807) is 0 Å². The zero-order valence-electron chi connectivity index (χ0n) is 14.8. The molecule has 24 heavy (non-hydrogen) atoms. The van der Waals surface area contributed by atoms with E-state index in [4.69, 9.17) is 9.47 Å². The summed E-state index contributed by atoms with van der Waals surface area (Å²) in [5, 5.41) is 2.88. The molecule has 0 saturated carbocycles. The van der Waals surface area contributed by atoms with Crippen LogP contribution in [0, 0.1) is 20.8 Å². The highest BCUT2D eigenvalue weighted by Crippen LogP contribution is 2.19. The molecule has 1 N–H and O–H groups in total. The van der Waals surface area contributed by atoms with Gasteiger partial charge in [0.15, 0.2) is 6.61 Å². The summed E-state index contributed by atoms with van der Waals surface area (Å²) >= 11 is 0. The molecule has 0 aliphatic rings. The number of hydrogen-bond donors (Lipinski definition) is 1. The van der Waals surface area contributed by atoms with Crippen molar-refractivity contribution < 1.29 is 14.3 Å². The van der Waals surface area contributed by atoms with E-state index in [2.05, 4.69) is 5.32 Å². The van der Waals surface area contributed by atoms with Crippen molar-refractivity contribution in [2.75, 3.05) is 13.2 Å². The van der Waals surface area contributed by atoms with Gasteiger partial charge in [-0.1, -0.05) is 30.3 Å². The van der Waals surface area contributed by atoms with Crippen molar-refractivity contribution in [3.63, 3.8) is 0 Å². The topological polar surface area (TPSA) is 47.6 Å². The summed E-state index contributed by atoms with van der Waals surface area (Å²) in [5.74, 6) is 1.43. The van der Waals surface area contributed by atoms with E-state index in [1.165, 1.54) is 0 Å². The van der Waals surface area contributed by atoms with Crippen LogP contribution in [0.15, 0.2) is 42.5 Å². The first kappa shape index (κ1) is 17.9. The van der Waals surface area contributed by atoms with Crippen LogP contribution in [0.4, 0.5) is 0 Å². The zero-order valence-corrected chi connectivity index (χ0v) is 14.8. The highest BCUT2D eigenvalue weighted by atomic mass is 16.5. The van der Waals surface area contributed by atoms with E-state index >= 15 is 0 Å². The Balaban J connectivity index is 1.77. The molecule has 0 fully saturated rings. The van der Waals surface area contributed by atoms with Crippen molar-refractivity contribution in [1.82, 2.24) is 5.32 Å². The van der Waals surface area contributed by atoms with Gasteiger partial charge in [-0.3, -0.25) is 4.79 Å². The van der Waals surface area contributed by atoms with Gasteiger partial charge in [0.25, 0.3) is 5.91 Å². The lowest BCUT2D eigenvalue weighted by Crippen LogP contribution is -2.39. The Labute approximate surface area is 143 Å². The fourth-order valence-electron chi connectivity index (χ4n) is 2.30. The molecule has 4 nitrogen and oxygen atoms in total. The summed E-state index contributed by atoms with van der Waals surface area (Å²) in [6.07, 6.45) is 0. The number of ether oxygens (including phenoxy) is 2. The molecule has 0 radical (unpaired) electrons. The summed E-state index contributed by atoms with van der Waals surface area (Å²) < 4.78 is 11.4. The molecule has 2 rings (SSSR count). The molecule has 128 valence electrons. The lowest BCUT2D eigenvalue weighted by Gasteiger charge is -2.16. The number of carbonyl (C=O) groups excluding carboxylic acids is 1. The second-order valence-corrected chi connectivity index (χ2v) is 6.10. The summed E-state index contributed by atoms with van der Waals surface area (Å²) in [7, 11) is 0. The number of benzene rings is 2. The Morgan fingerprint density at radius 1 is 1.00 bits per heavy atom. The fourth-order valence-corrected chi connectivity index (χ4v) is 2.30. The van der Waals surface area contributed by atoms with Gasteiger partial charge in [-0.15, -0.1) is 0 Å². The number of para-hydroxylation sites is 1. The van der Waals surface area contributed by atoms with Crippen LogP contribution in [0.25, 0.3) is 0 Å². The van der Waals surface area contributed by atoms with Crippen LogP contribution >= 0.6 is 0 Å². The van der Waals surface area contributed by atoms with Gasteiger partial charge in [0.2, 0.25) is 0 Å². The lowest BCUT2D eigenvalue weighted by atomic mass is 10.1. The van der Waals surface area contributed by atoms with E-state index in [0.29, 0.717) is 6.61 Å². The molecule has 1 atom stereocenters. The number of amides is 1. The smallest absolute Gasteiger partial charge is 0.258 e. The highest BCUT2D eigenvalue weighted by Gasteiger charge is 2.10. The van der Waals surface area contributed by atoms with Crippen molar-refractivity contribution >= 4 is 5.91 Å². The SMILES string of the molecule is Cc1ccc(C)c(OCC(=O)N[C@@H](C)COc2ccccc2C)c1. The van der Waals surface area contributed by atoms with Crippen molar-refractivity contribution in [3.05, 3.63) is 59.2 Å². The normalized spacial score (nSPS) is 11.7. The van der Waals surface area contributed by atoms with Crippen molar-refractivity contribution in [2.24, 2.45) is 0 Å². The average molecular weight is 327 g/mol. The summed E-state index contributed by atoms with van der Waals surface area (Å²) in [4.78, 5) is 12.0. The summed E-state index contributed by atoms with van der Waals surface area (Å²) in [6, 6.07) is 13.7. The van der Waals surface area contributed by atoms with E-state index in [0.717, 1.165) is 28.2 Å². The lowest BCUT2D eigenvalue weighted by molar-refractivity contribution is -0.123.